The number of furan rings is 1. The highest BCUT2D eigenvalue weighted by atomic mass is 16.3. The first-order valence-corrected chi connectivity index (χ1v) is 23.3. The molecule has 14 rings (SSSR count). The summed E-state index contributed by atoms with van der Waals surface area (Å²) >= 11 is 0. The van der Waals surface area contributed by atoms with Crippen LogP contribution in [-0.4, -0.2) is 24.1 Å². The van der Waals surface area contributed by atoms with Crippen LogP contribution in [0.5, 0.6) is 0 Å². The number of rotatable bonds is 7. The first kappa shape index (κ1) is 38.8. The molecule has 0 radical (unpaired) electrons. The van der Waals surface area contributed by atoms with Crippen LogP contribution in [0.25, 0.3) is 133 Å². The molecule has 0 bridgehead atoms. The molecule has 4 aromatic heterocycles. The Bertz CT molecular complexity index is 4270. The maximum atomic E-state index is 7.08. The molecule has 0 aliphatic heterocycles. The highest BCUT2D eigenvalue weighted by Crippen LogP contribution is 2.45. The van der Waals surface area contributed by atoms with Crippen LogP contribution >= 0.6 is 0 Å². The second-order valence-electron chi connectivity index (χ2n) is 17.6. The Labute approximate surface area is 396 Å². The summed E-state index contributed by atoms with van der Waals surface area (Å²) < 4.78 is 11.9. The molecule has 0 aliphatic rings. The average Bonchev–Trinajstić information content (AvgIpc) is 4.08. The van der Waals surface area contributed by atoms with E-state index < -0.39 is 0 Å². The molecule has 6 heteroatoms. The molecular weight excluding hydrogens is 843 g/mol. The zero-order valence-electron chi connectivity index (χ0n) is 37.2. The van der Waals surface area contributed by atoms with E-state index in [0.29, 0.717) is 17.5 Å². The molecule has 0 aliphatic carbocycles. The van der Waals surface area contributed by atoms with Gasteiger partial charge in [0.05, 0.1) is 27.8 Å². The minimum atomic E-state index is 0.568. The Morgan fingerprint density at radius 2 is 0.797 bits per heavy atom. The lowest BCUT2D eigenvalue weighted by Gasteiger charge is -2.13. The Morgan fingerprint density at radius 1 is 0.304 bits per heavy atom. The monoisotopic (exact) mass is 881 g/mol. The molecule has 10 aromatic carbocycles. The van der Waals surface area contributed by atoms with Gasteiger partial charge in [-0.1, -0.05) is 176 Å². The molecular formula is C63H39N5O. The van der Waals surface area contributed by atoms with Gasteiger partial charge in [0.15, 0.2) is 23.1 Å². The third-order valence-electron chi connectivity index (χ3n) is 13.6. The predicted molar refractivity (Wildman–Crippen MR) is 283 cm³/mol. The van der Waals surface area contributed by atoms with Crippen LogP contribution in [0, 0.1) is 0 Å². The SMILES string of the molecule is c1ccc(-c2ccc(-c3nc(-c4ccccc4)nc(-c4ccc(-n5c6ccc(-c7ccccc7)cc6c6cc7c8ccccc8n(-c8ccccc8)c7cc65)c5oc6ccccc6c45)n3)cc2)cc1. The normalized spacial score (nSPS) is 11.8. The summed E-state index contributed by atoms with van der Waals surface area (Å²) in [5, 5.41) is 6.65. The van der Waals surface area contributed by atoms with Gasteiger partial charge in [-0.25, -0.2) is 15.0 Å². The van der Waals surface area contributed by atoms with Gasteiger partial charge in [-0.05, 0) is 82.9 Å². The van der Waals surface area contributed by atoms with Crippen LogP contribution in [-0.2, 0) is 0 Å². The molecule has 0 N–H and O–H groups in total. The summed E-state index contributed by atoms with van der Waals surface area (Å²) in [6.07, 6.45) is 0. The lowest BCUT2D eigenvalue weighted by atomic mass is 10.0. The topological polar surface area (TPSA) is 61.7 Å². The fourth-order valence-corrected chi connectivity index (χ4v) is 10.4. The first-order valence-electron chi connectivity index (χ1n) is 23.3. The summed E-state index contributed by atoms with van der Waals surface area (Å²) in [6, 6.07) is 83.3. The molecule has 0 fully saturated rings. The summed E-state index contributed by atoms with van der Waals surface area (Å²) in [7, 11) is 0. The lowest BCUT2D eigenvalue weighted by Crippen LogP contribution is -2.01. The first-order chi connectivity index (χ1) is 34.2. The highest BCUT2D eigenvalue weighted by molar-refractivity contribution is 6.21. The fraction of sp³-hybridized carbons (Fsp3) is 0. The second-order valence-corrected chi connectivity index (χ2v) is 17.6. The number of para-hydroxylation sites is 3. The van der Waals surface area contributed by atoms with Gasteiger partial charge in [-0.15, -0.1) is 0 Å². The standard InChI is InChI=1S/C63H39N5O/c1-5-17-40(18-6-1)42-29-31-44(32-30-42)62-64-61(43-21-9-3-10-22-43)65-63(66-62)49-34-36-55(60-59(49)48-26-14-16-28-58(48)69-60)68-54-35-33-45(41-19-7-2-8-20-41)37-50(54)52-38-51-47-25-13-15-27-53(47)67(56(51)39-57(52)68)46-23-11-4-12-24-46/h1-39H. The van der Waals surface area contributed by atoms with Crippen LogP contribution in [0.2, 0.25) is 0 Å². The molecule has 0 saturated carbocycles. The van der Waals surface area contributed by atoms with Gasteiger partial charge in [-0.3, -0.25) is 0 Å². The van der Waals surface area contributed by atoms with E-state index >= 15 is 0 Å². The van der Waals surface area contributed by atoms with E-state index in [9.17, 15) is 0 Å². The summed E-state index contributed by atoms with van der Waals surface area (Å²) in [5.41, 5.74) is 15.3. The van der Waals surface area contributed by atoms with Gasteiger partial charge in [0.2, 0.25) is 0 Å². The van der Waals surface area contributed by atoms with Crippen molar-refractivity contribution in [3.8, 4) is 67.8 Å². The van der Waals surface area contributed by atoms with E-state index in [-0.39, 0.29) is 0 Å². The second kappa shape index (κ2) is 15.6. The summed E-state index contributed by atoms with van der Waals surface area (Å²) in [5.74, 6) is 1.76. The Morgan fingerprint density at radius 3 is 1.52 bits per heavy atom. The Kier molecular flexibility index (Phi) is 8.79. The van der Waals surface area contributed by atoms with Crippen LogP contribution in [0.15, 0.2) is 241 Å². The van der Waals surface area contributed by atoms with Crippen molar-refractivity contribution in [3.05, 3.63) is 237 Å². The van der Waals surface area contributed by atoms with Gasteiger partial charge in [0.25, 0.3) is 0 Å². The van der Waals surface area contributed by atoms with Crippen molar-refractivity contribution < 1.29 is 4.42 Å². The summed E-state index contributed by atoms with van der Waals surface area (Å²) in [4.78, 5) is 15.6. The number of nitrogens with zero attached hydrogens (tertiary/aromatic N) is 5. The van der Waals surface area contributed by atoms with Crippen molar-refractivity contribution in [2.75, 3.05) is 0 Å². The molecule has 322 valence electrons. The molecule has 0 atom stereocenters. The van der Waals surface area contributed by atoms with E-state index in [2.05, 4.69) is 197 Å². The van der Waals surface area contributed by atoms with Gasteiger partial charge in [0, 0.05) is 54.7 Å². The molecule has 14 aromatic rings. The van der Waals surface area contributed by atoms with Crippen molar-refractivity contribution in [3.63, 3.8) is 0 Å². The van der Waals surface area contributed by atoms with E-state index in [1.807, 2.05) is 48.5 Å². The van der Waals surface area contributed by atoms with E-state index in [4.69, 9.17) is 19.4 Å². The third-order valence-corrected chi connectivity index (χ3v) is 13.6. The molecule has 0 amide bonds. The van der Waals surface area contributed by atoms with Gasteiger partial charge < -0.3 is 13.6 Å². The number of hydrogen-bond donors (Lipinski definition) is 0. The molecule has 6 nitrogen and oxygen atoms in total. The van der Waals surface area contributed by atoms with Crippen molar-refractivity contribution >= 4 is 65.6 Å². The van der Waals surface area contributed by atoms with Gasteiger partial charge in [0.1, 0.15) is 5.58 Å². The van der Waals surface area contributed by atoms with E-state index in [1.54, 1.807) is 0 Å². The minimum Gasteiger partial charge on any atom is -0.454 e. The lowest BCUT2D eigenvalue weighted by molar-refractivity contribution is 0.666. The van der Waals surface area contributed by atoms with Crippen molar-refractivity contribution in [1.29, 1.82) is 0 Å². The number of fused-ring (bicyclic) bond motifs is 9. The molecule has 0 spiro atoms. The quantitative estimate of drug-likeness (QED) is 0.160. The molecule has 4 heterocycles. The van der Waals surface area contributed by atoms with Crippen LogP contribution in [0.4, 0.5) is 0 Å². The zero-order valence-corrected chi connectivity index (χ0v) is 37.2. The van der Waals surface area contributed by atoms with Crippen LogP contribution in [0.3, 0.4) is 0 Å². The molecule has 69 heavy (non-hydrogen) atoms. The van der Waals surface area contributed by atoms with Crippen molar-refractivity contribution in [2.24, 2.45) is 0 Å². The van der Waals surface area contributed by atoms with Crippen molar-refractivity contribution in [2.45, 2.75) is 0 Å². The molecule has 0 unspecified atom stereocenters. The summed E-state index contributed by atoms with van der Waals surface area (Å²) in [6.45, 7) is 0. The number of aromatic nitrogens is 5. The van der Waals surface area contributed by atoms with Crippen LogP contribution < -0.4 is 0 Å². The number of hydrogen-bond acceptors (Lipinski definition) is 4. The van der Waals surface area contributed by atoms with Crippen molar-refractivity contribution in [1.82, 2.24) is 24.1 Å². The third kappa shape index (κ3) is 6.30. The smallest absolute Gasteiger partial charge is 0.164 e. The van der Waals surface area contributed by atoms with Gasteiger partial charge >= 0.3 is 0 Å². The fourth-order valence-electron chi connectivity index (χ4n) is 10.4. The van der Waals surface area contributed by atoms with E-state index in [0.717, 1.165) is 99.5 Å². The maximum Gasteiger partial charge on any atom is 0.164 e. The predicted octanol–water partition coefficient (Wildman–Crippen LogP) is 16.3. The zero-order chi connectivity index (χ0) is 45.4. The Balaban J connectivity index is 1.04. The maximum absolute atomic E-state index is 7.08. The Hall–Kier alpha value is -9.39. The molecule has 0 saturated heterocycles. The van der Waals surface area contributed by atoms with E-state index in [1.165, 1.54) is 16.3 Å². The number of benzene rings is 10. The largest absolute Gasteiger partial charge is 0.454 e. The minimum absolute atomic E-state index is 0.568. The van der Waals surface area contributed by atoms with Crippen LogP contribution in [0.1, 0.15) is 0 Å². The average molecular weight is 882 g/mol. The highest BCUT2D eigenvalue weighted by Gasteiger charge is 2.25. The van der Waals surface area contributed by atoms with Gasteiger partial charge in [-0.2, -0.15) is 0 Å².